The fourth-order valence-electron chi connectivity index (χ4n) is 6.21. The van der Waals surface area contributed by atoms with Crippen LogP contribution in [0.15, 0.2) is 36.8 Å². The Morgan fingerprint density at radius 2 is 1.97 bits per heavy atom. The van der Waals surface area contributed by atoms with Gasteiger partial charge in [-0.15, -0.1) is 0 Å². The molecule has 0 spiro atoms. The van der Waals surface area contributed by atoms with Crippen LogP contribution in [0, 0.1) is 23.6 Å². The van der Waals surface area contributed by atoms with Crippen molar-refractivity contribution in [2.45, 2.75) is 51.6 Å². The molecular weight excluding hydrogens is 433 g/mol. The minimum atomic E-state index is -0.725. The summed E-state index contributed by atoms with van der Waals surface area (Å²) < 4.78 is 16.2. The van der Waals surface area contributed by atoms with Gasteiger partial charge in [-0.1, -0.05) is 0 Å². The molecule has 4 heterocycles. The van der Waals surface area contributed by atoms with Gasteiger partial charge in [-0.3, -0.25) is 4.79 Å². The Hall–Kier alpha value is -3.42. The Morgan fingerprint density at radius 3 is 2.71 bits per heavy atom. The van der Waals surface area contributed by atoms with Crippen LogP contribution in [0.3, 0.4) is 0 Å². The molecule has 3 aliphatic carbocycles. The van der Waals surface area contributed by atoms with Crippen LogP contribution in [0.1, 0.15) is 45.6 Å². The minimum absolute atomic E-state index is 0.152. The lowest BCUT2D eigenvalue weighted by molar-refractivity contribution is -0.148. The number of carbonyl (C=O) groups is 1. The topological polar surface area (TPSA) is 95.8 Å². The molecule has 3 saturated carbocycles. The third-order valence-electron chi connectivity index (χ3n) is 7.85. The molecule has 4 aromatic rings. The van der Waals surface area contributed by atoms with Crippen LogP contribution in [0.5, 0.6) is 0 Å². The number of carboxylic acids is 1. The first-order valence-corrected chi connectivity index (χ1v) is 12.0. The second kappa shape index (κ2) is 7.82. The summed E-state index contributed by atoms with van der Waals surface area (Å²) in [5, 5.41) is 15.3. The van der Waals surface area contributed by atoms with Crippen LogP contribution >= 0.6 is 0 Å². The number of carboxylic acid groups (broad SMARTS) is 1. The molecule has 8 heteroatoms. The molecule has 2 atom stereocenters. The average molecular weight is 462 g/mol. The number of nitrogens with one attached hydrogen (secondary N) is 2. The number of pyridine rings is 2. The van der Waals surface area contributed by atoms with E-state index >= 15 is 0 Å². The van der Waals surface area contributed by atoms with Crippen molar-refractivity contribution in [3.05, 3.63) is 42.6 Å². The fraction of sp³-hybridized carbons (Fsp3) is 0.423. The van der Waals surface area contributed by atoms with Crippen molar-refractivity contribution in [1.82, 2.24) is 19.5 Å². The summed E-state index contributed by atoms with van der Waals surface area (Å²) in [6.45, 7) is 4.25. The summed E-state index contributed by atoms with van der Waals surface area (Å²) in [6.07, 6.45) is 9.12. The summed E-state index contributed by atoms with van der Waals surface area (Å²) in [5.74, 6) is -0.314. The number of halogens is 1. The van der Waals surface area contributed by atoms with Crippen molar-refractivity contribution in [1.29, 1.82) is 0 Å². The number of anilines is 1. The number of aromatic amines is 1. The smallest absolute Gasteiger partial charge is 0.308 e. The highest BCUT2D eigenvalue weighted by molar-refractivity contribution is 5.98. The molecular formula is C26H28FN5O2. The monoisotopic (exact) mass is 461 g/mol. The molecule has 7 nitrogen and oxygen atoms in total. The van der Waals surface area contributed by atoms with E-state index in [4.69, 9.17) is 4.98 Å². The molecule has 176 valence electrons. The first-order valence-electron chi connectivity index (χ1n) is 12.0. The van der Waals surface area contributed by atoms with E-state index in [2.05, 4.69) is 33.7 Å². The third-order valence-corrected chi connectivity index (χ3v) is 7.85. The molecule has 4 aromatic heterocycles. The molecule has 3 fully saturated rings. The zero-order valence-corrected chi connectivity index (χ0v) is 19.3. The van der Waals surface area contributed by atoms with Gasteiger partial charge in [-0.05, 0) is 69.6 Å². The molecule has 0 amide bonds. The lowest BCUT2D eigenvalue weighted by Crippen LogP contribution is -2.51. The van der Waals surface area contributed by atoms with Crippen LogP contribution in [0.4, 0.5) is 10.2 Å². The maximum atomic E-state index is 14.0. The Morgan fingerprint density at radius 1 is 1.21 bits per heavy atom. The minimum Gasteiger partial charge on any atom is -0.481 e. The van der Waals surface area contributed by atoms with E-state index in [0.717, 1.165) is 42.1 Å². The standard InChI is InChI=1S/C26H28FN5O2/c1-13(2)32-8-7-17-21(32)10-20(19-12-29-24-18(19)9-16(27)11-28-24)30-25(17)31-23-15-5-3-14(4-6-15)22(23)26(33)34/h7-15,22-23H,3-6H2,1-2H3,(H,28,29)(H,30,31)(H,33,34). The Labute approximate surface area is 196 Å². The van der Waals surface area contributed by atoms with Crippen molar-refractivity contribution in [3.8, 4) is 11.3 Å². The van der Waals surface area contributed by atoms with Gasteiger partial charge in [0.1, 0.15) is 17.3 Å². The highest BCUT2D eigenvalue weighted by atomic mass is 19.1. The zero-order chi connectivity index (χ0) is 23.6. The van der Waals surface area contributed by atoms with Gasteiger partial charge in [0, 0.05) is 40.8 Å². The van der Waals surface area contributed by atoms with Crippen molar-refractivity contribution in [2.75, 3.05) is 5.32 Å². The zero-order valence-electron chi connectivity index (χ0n) is 19.3. The summed E-state index contributed by atoms with van der Waals surface area (Å²) in [6, 6.07) is 5.62. The fourth-order valence-corrected chi connectivity index (χ4v) is 6.21. The average Bonchev–Trinajstić information content (AvgIpc) is 3.43. The molecule has 7 rings (SSSR count). The molecule has 3 aliphatic rings. The van der Waals surface area contributed by atoms with Gasteiger partial charge < -0.3 is 20.0 Å². The molecule has 0 radical (unpaired) electrons. The van der Waals surface area contributed by atoms with Crippen LogP contribution in [0.2, 0.25) is 0 Å². The first kappa shape index (κ1) is 21.1. The molecule has 0 aliphatic heterocycles. The second-order valence-corrected chi connectivity index (χ2v) is 10.1. The van der Waals surface area contributed by atoms with Gasteiger partial charge in [0.2, 0.25) is 0 Å². The van der Waals surface area contributed by atoms with E-state index < -0.39 is 17.7 Å². The maximum absolute atomic E-state index is 14.0. The number of hydrogen-bond acceptors (Lipinski definition) is 4. The van der Waals surface area contributed by atoms with Crippen LogP contribution in [-0.4, -0.2) is 36.6 Å². The molecule has 0 aromatic carbocycles. The molecule has 0 saturated heterocycles. The van der Waals surface area contributed by atoms with Gasteiger partial charge in [-0.25, -0.2) is 14.4 Å². The predicted octanol–water partition coefficient (Wildman–Crippen LogP) is 5.60. The Balaban J connectivity index is 1.51. The van der Waals surface area contributed by atoms with Crippen LogP contribution in [0.25, 0.3) is 33.2 Å². The quantitative estimate of drug-likeness (QED) is 0.359. The summed E-state index contributed by atoms with van der Waals surface area (Å²) >= 11 is 0. The van der Waals surface area contributed by atoms with E-state index in [-0.39, 0.29) is 18.0 Å². The van der Waals surface area contributed by atoms with E-state index in [1.165, 1.54) is 12.3 Å². The Kier molecular flexibility index (Phi) is 4.86. The van der Waals surface area contributed by atoms with Gasteiger partial charge in [0.15, 0.2) is 0 Å². The summed E-state index contributed by atoms with van der Waals surface area (Å²) in [4.78, 5) is 24.5. The SMILES string of the molecule is CC(C)n1ccc2c(NC3C4CCC(CC4)C3C(=O)O)nc(-c3c[nH]c4ncc(F)cc34)cc21. The Bertz CT molecular complexity index is 1400. The number of aliphatic carboxylic acids is 1. The third kappa shape index (κ3) is 3.27. The summed E-state index contributed by atoms with van der Waals surface area (Å²) in [7, 11) is 0. The highest BCUT2D eigenvalue weighted by Gasteiger charge is 2.47. The highest BCUT2D eigenvalue weighted by Crippen LogP contribution is 2.47. The van der Waals surface area contributed by atoms with Crippen molar-refractivity contribution in [3.63, 3.8) is 0 Å². The second-order valence-electron chi connectivity index (χ2n) is 10.1. The lowest BCUT2D eigenvalue weighted by Gasteiger charge is -2.47. The number of rotatable bonds is 5. The van der Waals surface area contributed by atoms with Gasteiger partial charge in [0.05, 0.1) is 23.3 Å². The van der Waals surface area contributed by atoms with Crippen molar-refractivity contribution >= 4 is 33.7 Å². The normalized spacial score (nSPS) is 24.4. The lowest BCUT2D eigenvalue weighted by atomic mass is 9.61. The van der Waals surface area contributed by atoms with E-state index in [0.29, 0.717) is 28.5 Å². The number of hydrogen-bond donors (Lipinski definition) is 3. The molecule has 3 N–H and O–H groups in total. The van der Waals surface area contributed by atoms with Crippen molar-refractivity contribution in [2.24, 2.45) is 17.8 Å². The molecule has 2 bridgehead atoms. The summed E-state index contributed by atoms with van der Waals surface area (Å²) in [5.41, 5.74) is 3.07. The first-order chi connectivity index (χ1) is 16.4. The molecule has 2 unspecified atom stereocenters. The van der Waals surface area contributed by atoms with Gasteiger partial charge in [0.25, 0.3) is 0 Å². The van der Waals surface area contributed by atoms with E-state index in [9.17, 15) is 14.3 Å². The number of fused-ring (bicyclic) bond motifs is 5. The van der Waals surface area contributed by atoms with Crippen LogP contribution < -0.4 is 5.32 Å². The van der Waals surface area contributed by atoms with Crippen LogP contribution in [-0.2, 0) is 4.79 Å². The number of nitrogens with zero attached hydrogens (tertiary/aromatic N) is 3. The largest absolute Gasteiger partial charge is 0.481 e. The van der Waals surface area contributed by atoms with E-state index in [1.807, 2.05) is 18.3 Å². The molecule has 34 heavy (non-hydrogen) atoms. The van der Waals surface area contributed by atoms with Crippen molar-refractivity contribution < 1.29 is 14.3 Å². The maximum Gasteiger partial charge on any atom is 0.308 e. The van der Waals surface area contributed by atoms with Gasteiger partial charge in [-0.2, -0.15) is 0 Å². The predicted molar refractivity (Wildman–Crippen MR) is 129 cm³/mol. The van der Waals surface area contributed by atoms with Gasteiger partial charge >= 0.3 is 5.97 Å². The number of aromatic nitrogens is 4. The number of H-pyrrole nitrogens is 1. The van der Waals surface area contributed by atoms with E-state index in [1.54, 1.807) is 6.20 Å².